The van der Waals surface area contributed by atoms with Crippen LogP contribution in [-0.4, -0.2) is 12.5 Å². The molecule has 0 spiro atoms. The van der Waals surface area contributed by atoms with Crippen LogP contribution >= 0.6 is 0 Å². The number of hydrogen-bond acceptors (Lipinski definition) is 1. The van der Waals surface area contributed by atoms with Crippen LogP contribution in [0.4, 0.5) is 0 Å². The Balaban J connectivity index is 2.14. The molecule has 1 aliphatic carbocycles. The summed E-state index contributed by atoms with van der Waals surface area (Å²) in [5, 5.41) is 2.92. The molecule has 2 heteroatoms. The highest BCUT2D eigenvalue weighted by molar-refractivity contribution is 5.72. The zero-order chi connectivity index (χ0) is 11.3. The quantitative estimate of drug-likeness (QED) is 0.670. The van der Waals surface area contributed by atoms with Crippen molar-refractivity contribution in [3.05, 3.63) is 12.2 Å². The third kappa shape index (κ3) is 4.06. The van der Waals surface area contributed by atoms with Crippen molar-refractivity contribution in [1.29, 1.82) is 0 Å². The Morgan fingerprint density at radius 1 is 1.53 bits per heavy atom. The first-order valence-electron chi connectivity index (χ1n) is 5.98. The maximum Gasteiger partial charge on any atom is 0.216 e. The van der Waals surface area contributed by atoms with Gasteiger partial charge in [-0.1, -0.05) is 26.0 Å². The minimum atomic E-state index is 0.0905. The Labute approximate surface area is 93.1 Å². The molecular formula is C13H23NO. The molecule has 2 unspecified atom stereocenters. The summed E-state index contributed by atoms with van der Waals surface area (Å²) in [6, 6.07) is 0. The maximum atomic E-state index is 10.8. The van der Waals surface area contributed by atoms with E-state index < -0.39 is 0 Å². The van der Waals surface area contributed by atoms with Crippen molar-refractivity contribution in [3.8, 4) is 0 Å². The molecule has 86 valence electrons. The standard InChI is InChI=1S/C13H23NO/c1-4-5-6-7-8-12-9-13(12,3)10-14-11(2)15/h5-6,12H,4,7-10H2,1-3H3,(H,14,15)/b6-5-. The van der Waals surface area contributed by atoms with Crippen molar-refractivity contribution in [3.63, 3.8) is 0 Å². The Kier molecular flexibility index (Phi) is 4.37. The van der Waals surface area contributed by atoms with Crippen molar-refractivity contribution in [2.75, 3.05) is 6.54 Å². The second kappa shape index (κ2) is 5.34. The number of hydrogen-bond donors (Lipinski definition) is 1. The first-order chi connectivity index (χ1) is 7.08. The van der Waals surface area contributed by atoms with Gasteiger partial charge >= 0.3 is 0 Å². The lowest BCUT2D eigenvalue weighted by molar-refractivity contribution is -0.119. The van der Waals surface area contributed by atoms with Crippen molar-refractivity contribution < 1.29 is 4.79 Å². The number of allylic oxidation sites excluding steroid dienone is 2. The second-order valence-electron chi connectivity index (χ2n) is 4.92. The topological polar surface area (TPSA) is 29.1 Å². The Hall–Kier alpha value is -0.790. The summed E-state index contributed by atoms with van der Waals surface area (Å²) in [5.74, 6) is 0.901. The molecule has 0 saturated heterocycles. The highest BCUT2D eigenvalue weighted by atomic mass is 16.1. The van der Waals surface area contributed by atoms with Crippen LogP contribution in [0.15, 0.2) is 12.2 Å². The van der Waals surface area contributed by atoms with Crippen molar-refractivity contribution in [2.24, 2.45) is 11.3 Å². The van der Waals surface area contributed by atoms with Gasteiger partial charge in [0.1, 0.15) is 0 Å². The molecule has 1 N–H and O–H groups in total. The highest BCUT2D eigenvalue weighted by Crippen LogP contribution is 2.54. The lowest BCUT2D eigenvalue weighted by Gasteiger charge is -2.10. The van der Waals surface area contributed by atoms with Gasteiger partial charge in [0.2, 0.25) is 5.91 Å². The summed E-state index contributed by atoms with van der Waals surface area (Å²) in [7, 11) is 0. The van der Waals surface area contributed by atoms with Gasteiger partial charge in [-0.2, -0.15) is 0 Å². The summed E-state index contributed by atoms with van der Waals surface area (Å²) < 4.78 is 0. The van der Waals surface area contributed by atoms with Gasteiger partial charge < -0.3 is 5.32 Å². The molecule has 1 saturated carbocycles. The molecule has 0 heterocycles. The summed E-state index contributed by atoms with van der Waals surface area (Å²) in [5.41, 5.74) is 0.381. The van der Waals surface area contributed by atoms with Gasteiger partial charge in [0.15, 0.2) is 0 Å². The van der Waals surface area contributed by atoms with E-state index in [1.165, 1.54) is 19.3 Å². The van der Waals surface area contributed by atoms with Crippen LogP contribution in [0, 0.1) is 11.3 Å². The van der Waals surface area contributed by atoms with E-state index in [9.17, 15) is 4.79 Å². The van der Waals surface area contributed by atoms with Crippen LogP contribution in [0.25, 0.3) is 0 Å². The predicted molar refractivity (Wildman–Crippen MR) is 63.6 cm³/mol. The third-order valence-corrected chi connectivity index (χ3v) is 3.36. The van der Waals surface area contributed by atoms with E-state index >= 15 is 0 Å². The average Bonchev–Trinajstić information content (AvgIpc) is 2.83. The number of amides is 1. The zero-order valence-corrected chi connectivity index (χ0v) is 10.2. The summed E-state index contributed by atoms with van der Waals surface area (Å²) in [6.07, 6.45) is 9.37. The van der Waals surface area contributed by atoms with Crippen molar-refractivity contribution >= 4 is 5.91 Å². The number of carbonyl (C=O) groups is 1. The number of carbonyl (C=O) groups excluding carboxylic acids is 1. The molecule has 1 rings (SSSR count). The van der Waals surface area contributed by atoms with E-state index in [1.54, 1.807) is 6.92 Å². The molecule has 0 aliphatic heterocycles. The fraction of sp³-hybridized carbons (Fsp3) is 0.769. The summed E-state index contributed by atoms with van der Waals surface area (Å²) >= 11 is 0. The zero-order valence-electron chi connectivity index (χ0n) is 10.2. The Morgan fingerprint density at radius 3 is 2.87 bits per heavy atom. The van der Waals surface area contributed by atoms with E-state index in [-0.39, 0.29) is 5.91 Å². The summed E-state index contributed by atoms with van der Waals surface area (Å²) in [6.45, 7) is 6.88. The highest BCUT2D eigenvalue weighted by Gasteiger charge is 2.48. The molecule has 0 aromatic carbocycles. The largest absolute Gasteiger partial charge is 0.356 e. The molecular weight excluding hydrogens is 186 g/mol. The van der Waals surface area contributed by atoms with Crippen molar-refractivity contribution in [2.45, 2.75) is 46.5 Å². The van der Waals surface area contributed by atoms with E-state index in [0.717, 1.165) is 18.9 Å². The van der Waals surface area contributed by atoms with Crippen LogP contribution < -0.4 is 5.32 Å². The fourth-order valence-corrected chi connectivity index (χ4v) is 2.08. The first-order valence-corrected chi connectivity index (χ1v) is 5.98. The van der Waals surface area contributed by atoms with Crippen LogP contribution in [-0.2, 0) is 4.79 Å². The lowest BCUT2D eigenvalue weighted by Crippen LogP contribution is -2.27. The number of nitrogens with one attached hydrogen (secondary N) is 1. The maximum absolute atomic E-state index is 10.8. The molecule has 0 aromatic rings. The molecule has 2 atom stereocenters. The average molecular weight is 209 g/mol. The monoisotopic (exact) mass is 209 g/mol. The minimum Gasteiger partial charge on any atom is -0.356 e. The van der Waals surface area contributed by atoms with Crippen LogP contribution in [0.1, 0.15) is 46.5 Å². The van der Waals surface area contributed by atoms with Gasteiger partial charge in [-0.15, -0.1) is 0 Å². The van der Waals surface area contributed by atoms with Gasteiger partial charge in [-0.25, -0.2) is 0 Å². The van der Waals surface area contributed by atoms with Gasteiger partial charge in [-0.3, -0.25) is 4.79 Å². The Bertz CT molecular complexity index is 247. The van der Waals surface area contributed by atoms with Gasteiger partial charge in [0.25, 0.3) is 0 Å². The van der Waals surface area contributed by atoms with E-state index in [4.69, 9.17) is 0 Å². The van der Waals surface area contributed by atoms with Gasteiger partial charge in [0.05, 0.1) is 0 Å². The summed E-state index contributed by atoms with van der Waals surface area (Å²) in [4.78, 5) is 10.8. The second-order valence-corrected chi connectivity index (χ2v) is 4.92. The molecule has 0 radical (unpaired) electrons. The molecule has 15 heavy (non-hydrogen) atoms. The lowest BCUT2D eigenvalue weighted by atomic mass is 10.0. The molecule has 0 bridgehead atoms. The van der Waals surface area contributed by atoms with E-state index in [0.29, 0.717) is 5.41 Å². The molecule has 1 amide bonds. The van der Waals surface area contributed by atoms with Crippen LogP contribution in [0.5, 0.6) is 0 Å². The van der Waals surface area contributed by atoms with E-state index in [1.807, 2.05) is 0 Å². The van der Waals surface area contributed by atoms with Crippen molar-refractivity contribution in [1.82, 2.24) is 5.32 Å². The predicted octanol–water partition coefficient (Wildman–Crippen LogP) is 2.90. The minimum absolute atomic E-state index is 0.0905. The normalized spacial score (nSPS) is 29.4. The van der Waals surface area contributed by atoms with Gasteiger partial charge in [0, 0.05) is 13.5 Å². The van der Waals surface area contributed by atoms with Gasteiger partial charge in [-0.05, 0) is 37.0 Å². The smallest absolute Gasteiger partial charge is 0.216 e. The molecule has 1 aliphatic rings. The van der Waals surface area contributed by atoms with Crippen LogP contribution in [0.3, 0.4) is 0 Å². The Morgan fingerprint density at radius 2 is 2.27 bits per heavy atom. The fourth-order valence-electron chi connectivity index (χ4n) is 2.08. The third-order valence-electron chi connectivity index (χ3n) is 3.36. The molecule has 0 aromatic heterocycles. The molecule has 1 fully saturated rings. The SMILES string of the molecule is CC/C=C\CCC1CC1(C)CNC(C)=O. The number of rotatable bonds is 6. The van der Waals surface area contributed by atoms with E-state index in [2.05, 4.69) is 31.3 Å². The van der Waals surface area contributed by atoms with Crippen LogP contribution in [0.2, 0.25) is 0 Å². The molecule has 2 nitrogen and oxygen atoms in total. The first kappa shape index (κ1) is 12.3.